The van der Waals surface area contributed by atoms with E-state index in [4.69, 9.17) is 14.2 Å². The van der Waals surface area contributed by atoms with E-state index < -0.39 is 6.10 Å². The molecule has 0 amide bonds. The van der Waals surface area contributed by atoms with Crippen LogP contribution in [0, 0.1) is 17.8 Å². The summed E-state index contributed by atoms with van der Waals surface area (Å²) in [6.45, 7) is 13.8. The molecule has 1 unspecified atom stereocenters. The number of hydrogen-bond donors (Lipinski definition) is 0. The number of unbranched alkanes of at least 4 members (excludes halogenated alkanes) is 35. The first kappa shape index (κ1) is 64.4. The van der Waals surface area contributed by atoms with Gasteiger partial charge in [0.15, 0.2) is 6.10 Å². The summed E-state index contributed by atoms with van der Waals surface area (Å²) < 4.78 is 16.9. The minimum absolute atomic E-state index is 0.0638. The van der Waals surface area contributed by atoms with E-state index in [1.165, 1.54) is 212 Å². The second-order valence-electron chi connectivity index (χ2n) is 21.8. The molecule has 0 saturated heterocycles. The maximum atomic E-state index is 12.8. The smallest absolute Gasteiger partial charge is 0.306 e. The zero-order valence-corrected chi connectivity index (χ0v) is 45.5. The summed E-state index contributed by atoms with van der Waals surface area (Å²) in [4.78, 5) is 38.1. The average Bonchev–Trinajstić information content (AvgIpc) is 3.29. The summed E-state index contributed by atoms with van der Waals surface area (Å²) in [5, 5.41) is 0. The first-order valence-corrected chi connectivity index (χ1v) is 29.6. The third kappa shape index (κ3) is 51.8. The summed E-state index contributed by atoms with van der Waals surface area (Å²) in [5.41, 5.74) is 0. The lowest BCUT2D eigenvalue weighted by Crippen LogP contribution is -2.30. The van der Waals surface area contributed by atoms with E-state index in [0.29, 0.717) is 19.3 Å². The van der Waals surface area contributed by atoms with Crippen LogP contribution in [0.15, 0.2) is 0 Å². The van der Waals surface area contributed by atoms with Crippen molar-refractivity contribution in [2.24, 2.45) is 17.8 Å². The Morgan fingerprint density at radius 1 is 0.303 bits per heavy atom. The zero-order chi connectivity index (χ0) is 48.4. The summed E-state index contributed by atoms with van der Waals surface area (Å²) in [5.74, 6) is 1.69. The average molecular weight is 934 g/mol. The second kappa shape index (κ2) is 51.3. The van der Waals surface area contributed by atoms with E-state index >= 15 is 0 Å². The molecule has 0 saturated carbocycles. The summed E-state index contributed by atoms with van der Waals surface area (Å²) in [6.07, 6.45) is 53.8. The topological polar surface area (TPSA) is 78.9 Å². The first-order valence-electron chi connectivity index (χ1n) is 29.6. The van der Waals surface area contributed by atoms with Crippen molar-refractivity contribution in [2.75, 3.05) is 13.2 Å². The van der Waals surface area contributed by atoms with Gasteiger partial charge in [-0.3, -0.25) is 14.4 Å². The Hall–Kier alpha value is -1.59. The van der Waals surface area contributed by atoms with E-state index in [1.807, 2.05) is 0 Å². The predicted octanol–water partition coefficient (Wildman–Crippen LogP) is 19.5. The molecule has 0 aromatic heterocycles. The van der Waals surface area contributed by atoms with Gasteiger partial charge in [-0.15, -0.1) is 0 Å². The van der Waals surface area contributed by atoms with E-state index in [1.54, 1.807) is 0 Å². The lowest BCUT2D eigenvalue weighted by atomic mass is 9.99. The fourth-order valence-electron chi connectivity index (χ4n) is 9.14. The predicted molar refractivity (Wildman–Crippen MR) is 284 cm³/mol. The fraction of sp³-hybridized carbons (Fsp3) is 0.950. The number of carbonyl (C=O) groups excluding carboxylic acids is 3. The van der Waals surface area contributed by atoms with E-state index in [-0.39, 0.29) is 31.1 Å². The van der Waals surface area contributed by atoms with Gasteiger partial charge in [0.05, 0.1) is 0 Å². The highest BCUT2D eigenvalue weighted by atomic mass is 16.6. The molecular weight excluding hydrogens is 817 g/mol. The van der Waals surface area contributed by atoms with Crippen LogP contribution in [0.25, 0.3) is 0 Å². The van der Waals surface area contributed by atoms with Crippen LogP contribution in [-0.2, 0) is 28.6 Å². The molecular formula is C60H116O6. The summed E-state index contributed by atoms with van der Waals surface area (Å²) >= 11 is 0. The molecule has 0 aromatic carbocycles. The van der Waals surface area contributed by atoms with Crippen molar-refractivity contribution in [1.29, 1.82) is 0 Å². The molecule has 0 aliphatic heterocycles. The first-order chi connectivity index (χ1) is 32.1. The largest absolute Gasteiger partial charge is 0.462 e. The van der Waals surface area contributed by atoms with Crippen LogP contribution in [0.2, 0.25) is 0 Å². The van der Waals surface area contributed by atoms with Crippen molar-refractivity contribution < 1.29 is 28.6 Å². The molecule has 66 heavy (non-hydrogen) atoms. The van der Waals surface area contributed by atoms with Crippen molar-refractivity contribution in [2.45, 2.75) is 337 Å². The van der Waals surface area contributed by atoms with Gasteiger partial charge in [-0.05, 0) is 37.0 Å². The van der Waals surface area contributed by atoms with E-state index in [9.17, 15) is 14.4 Å². The number of hydrogen-bond acceptors (Lipinski definition) is 6. The SMILES string of the molecule is CCC(C)CCCCCCCCCCC(=O)O[C@@H](COC(=O)CCCCCCCCCCCCCCCCCCCCC(C)C)COC(=O)CCCCCCCCCCCCCCC(C)C. The van der Waals surface area contributed by atoms with Crippen molar-refractivity contribution in [1.82, 2.24) is 0 Å². The molecule has 0 N–H and O–H groups in total. The highest BCUT2D eigenvalue weighted by molar-refractivity contribution is 5.71. The summed E-state index contributed by atoms with van der Waals surface area (Å²) in [6, 6.07) is 0. The van der Waals surface area contributed by atoms with Crippen LogP contribution < -0.4 is 0 Å². The lowest BCUT2D eigenvalue weighted by molar-refractivity contribution is -0.167. The molecule has 2 atom stereocenters. The van der Waals surface area contributed by atoms with Crippen LogP contribution in [0.3, 0.4) is 0 Å². The zero-order valence-electron chi connectivity index (χ0n) is 45.5. The van der Waals surface area contributed by atoms with Gasteiger partial charge >= 0.3 is 17.9 Å². The lowest BCUT2D eigenvalue weighted by Gasteiger charge is -2.18. The van der Waals surface area contributed by atoms with Gasteiger partial charge in [0.2, 0.25) is 0 Å². The molecule has 0 spiro atoms. The highest BCUT2D eigenvalue weighted by Gasteiger charge is 2.19. The highest BCUT2D eigenvalue weighted by Crippen LogP contribution is 2.19. The maximum Gasteiger partial charge on any atom is 0.306 e. The molecule has 0 heterocycles. The fourth-order valence-corrected chi connectivity index (χ4v) is 9.14. The Kier molecular flexibility index (Phi) is 50.0. The Labute approximate surface area is 412 Å². The molecule has 0 rings (SSSR count). The van der Waals surface area contributed by atoms with Crippen molar-refractivity contribution in [3.8, 4) is 0 Å². The van der Waals surface area contributed by atoms with Gasteiger partial charge in [-0.1, -0.05) is 292 Å². The van der Waals surface area contributed by atoms with Gasteiger partial charge in [-0.25, -0.2) is 0 Å². The molecule has 0 aromatic rings. The standard InChI is InChI=1S/C60H116O6/c1-7-56(6)48-42-36-30-26-27-33-39-45-51-60(63)66-57(53-65-59(62)50-44-38-32-25-21-17-16-19-23-29-35-41-47-55(4)5)52-64-58(61)49-43-37-31-24-20-15-13-11-9-8-10-12-14-18-22-28-34-40-46-54(2)3/h54-57H,7-53H2,1-6H3/t56?,57-/m0/s1. The molecule has 0 aliphatic carbocycles. The van der Waals surface area contributed by atoms with E-state index in [0.717, 1.165) is 75.5 Å². The van der Waals surface area contributed by atoms with Crippen molar-refractivity contribution in [3.63, 3.8) is 0 Å². The molecule has 0 fully saturated rings. The number of rotatable bonds is 53. The minimum atomic E-state index is -0.764. The van der Waals surface area contributed by atoms with Crippen LogP contribution in [-0.4, -0.2) is 37.2 Å². The number of carbonyl (C=O) groups is 3. The Morgan fingerprint density at radius 3 is 0.788 bits per heavy atom. The van der Waals surface area contributed by atoms with Gasteiger partial charge in [0.25, 0.3) is 0 Å². The Balaban J connectivity index is 4.24. The Bertz CT molecular complexity index is 1020. The normalized spacial score (nSPS) is 12.5. The van der Waals surface area contributed by atoms with Crippen LogP contribution >= 0.6 is 0 Å². The molecule has 392 valence electrons. The molecule has 0 aliphatic rings. The van der Waals surface area contributed by atoms with Gasteiger partial charge in [0, 0.05) is 19.3 Å². The third-order valence-corrected chi connectivity index (χ3v) is 14.0. The number of esters is 3. The monoisotopic (exact) mass is 933 g/mol. The molecule has 6 heteroatoms. The van der Waals surface area contributed by atoms with Crippen LogP contribution in [0.4, 0.5) is 0 Å². The molecule has 6 nitrogen and oxygen atoms in total. The van der Waals surface area contributed by atoms with Crippen LogP contribution in [0.1, 0.15) is 330 Å². The summed E-state index contributed by atoms with van der Waals surface area (Å²) in [7, 11) is 0. The second-order valence-corrected chi connectivity index (χ2v) is 21.8. The maximum absolute atomic E-state index is 12.8. The van der Waals surface area contributed by atoms with Crippen LogP contribution in [0.5, 0.6) is 0 Å². The van der Waals surface area contributed by atoms with Crippen molar-refractivity contribution >= 4 is 17.9 Å². The molecule has 0 bridgehead atoms. The minimum Gasteiger partial charge on any atom is -0.462 e. The van der Waals surface area contributed by atoms with Gasteiger partial charge in [-0.2, -0.15) is 0 Å². The Morgan fingerprint density at radius 2 is 0.530 bits per heavy atom. The van der Waals surface area contributed by atoms with E-state index in [2.05, 4.69) is 41.5 Å². The third-order valence-electron chi connectivity index (χ3n) is 14.0. The van der Waals surface area contributed by atoms with Gasteiger partial charge in [0.1, 0.15) is 13.2 Å². The number of ether oxygens (including phenoxy) is 3. The van der Waals surface area contributed by atoms with Gasteiger partial charge < -0.3 is 14.2 Å². The van der Waals surface area contributed by atoms with Crippen molar-refractivity contribution in [3.05, 3.63) is 0 Å². The quantitative estimate of drug-likeness (QED) is 0.0343. The molecule has 0 radical (unpaired) electrons.